The van der Waals surface area contributed by atoms with Crippen molar-refractivity contribution >= 4 is 0 Å². The summed E-state index contributed by atoms with van der Waals surface area (Å²) in [5, 5.41) is 0. The molecule has 1 atom stereocenters. The van der Waals surface area contributed by atoms with Crippen molar-refractivity contribution < 1.29 is 32.7 Å². The first-order valence-corrected chi connectivity index (χ1v) is 2.88. The Balaban J connectivity index is 0. The summed E-state index contributed by atoms with van der Waals surface area (Å²) >= 11 is 0. The molecular weight excluding hydrogens is 173 g/mol. The van der Waals surface area contributed by atoms with E-state index >= 15 is 0 Å². The van der Waals surface area contributed by atoms with Crippen LogP contribution in [0.15, 0.2) is 0 Å². The minimum absolute atomic E-state index is 0. The second-order valence-electron chi connectivity index (χ2n) is 2.09. The summed E-state index contributed by atoms with van der Waals surface area (Å²) in [5.74, 6) is 0.621. The van der Waals surface area contributed by atoms with Crippen LogP contribution < -0.4 is 0 Å². The van der Waals surface area contributed by atoms with Gasteiger partial charge >= 0.3 is 0 Å². The number of hydrogen-bond acceptors (Lipinski definition) is 0. The van der Waals surface area contributed by atoms with E-state index in [9.17, 15) is 0 Å². The van der Waals surface area contributed by atoms with Crippen molar-refractivity contribution in [2.45, 2.75) is 26.7 Å². The molecule has 0 aromatic heterocycles. The van der Waals surface area contributed by atoms with Crippen molar-refractivity contribution in [3.05, 3.63) is 13.3 Å². The third-order valence-electron chi connectivity index (χ3n) is 0.948. The van der Waals surface area contributed by atoms with Gasteiger partial charge in [-0.3, -0.25) is 0 Å². The Kier molecular flexibility index (Phi) is 12.0. The van der Waals surface area contributed by atoms with Gasteiger partial charge in [0.25, 0.3) is 0 Å². The summed E-state index contributed by atoms with van der Waals surface area (Å²) < 4.78 is 0. The van der Waals surface area contributed by atoms with Crippen molar-refractivity contribution in [3.8, 4) is 0 Å². The summed E-state index contributed by atoms with van der Waals surface area (Å²) in [7, 11) is 0. The topological polar surface area (TPSA) is 0 Å². The van der Waals surface area contributed by atoms with Gasteiger partial charge in [-0.05, 0) is 0 Å². The molecule has 0 nitrogen and oxygen atoms in total. The molecule has 0 aromatic rings. The van der Waals surface area contributed by atoms with Gasteiger partial charge in [0.15, 0.2) is 0 Å². The first kappa shape index (κ1) is 11.8. The second-order valence-corrected chi connectivity index (χ2v) is 2.09. The maximum atomic E-state index is 3.86. The summed E-state index contributed by atoms with van der Waals surface area (Å²) in [6.07, 6.45) is 4.63. The SMILES string of the molecule is [CH2-]C(C)CC[CH-]C.[Y]. The van der Waals surface area contributed by atoms with Gasteiger partial charge < -0.3 is 13.3 Å². The summed E-state index contributed by atoms with van der Waals surface area (Å²) in [4.78, 5) is 0. The van der Waals surface area contributed by atoms with E-state index in [1.807, 2.05) is 0 Å². The van der Waals surface area contributed by atoms with Crippen molar-refractivity contribution in [2.75, 3.05) is 0 Å². The molecule has 0 amide bonds. The van der Waals surface area contributed by atoms with Gasteiger partial charge in [0.05, 0.1) is 0 Å². The Morgan fingerprint density at radius 3 is 2.25 bits per heavy atom. The molecule has 0 aromatic carbocycles. The van der Waals surface area contributed by atoms with Crippen molar-refractivity contribution in [3.63, 3.8) is 0 Å². The molecule has 8 heavy (non-hydrogen) atoms. The zero-order valence-electron chi connectivity index (χ0n) is 5.85. The van der Waals surface area contributed by atoms with E-state index in [1.54, 1.807) is 0 Å². The second kappa shape index (κ2) is 8.10. The van der Waals surface area contributed by atoms with Gasteiger partial charge in [-0.15, -0.1) is 6.42 Å². The molecule has 47 valence electrons. The van der Waals surface area contributed by atoms with E-state index in [4.69, 9.17) is 0 Å². The van der Waals surface area contributed by atoms with E-state index in [1.165, 1.54) is 12.8 Å². The van der Waals surface area contributed by atoms with Crippen LogP contribution in [-0.2, 0) is 32.7 Å². The molecule has 0 aliphatic heterocycles. The summed E-state index contributed by atoms with van der Waals surface area (Å²) in [6.45, 7) is 8.08. The van der Waals surface area contributed by atoms with Crippen LogP contribution in [0.5, 0.6) is 0 Å². The molecule has 0 rings (SSSR count). The van der Waals surface area contributed by atoms with Crippen LogP contribution in [0.1, 0.15) is 26.7 Å². The van der Waals surface area contributed by atoms with Crippen LogP contribution in [0.4, 0.5) is 0 Å². The average molecular weight is 187 g/mol. The normalized spacial score (nSPS) is 12.4. The van der Waals surface area contributed by atoms with Gasteiger partial charge in [0, 0.05) is 32.7 Å². The fraction of sp³-hybridized carbons (Fsp3) is 0.714. The first-order valence-electron chi connectivity index (χ1n) is 2.88. The molecule has 1 unspecified atom stereocenters. The molecule has 0 spiro atoms. The van der Waals surface area contributed by atoms with Crippen molar-refractivity contribution in [1.29, 1.82) is 0 Å². The molecule has 0 N–H and O–H groups in total. The maximum Gasteiger partial charge on any atom is 0 e. The monoisotopic (exact) mass is 187 g/mol. The number of rotatable bonds is 3. The zero-order chi connectivity index (χ0) is 5.70. The number of hydrogen-bond donors (Lipinski definition) is 0. The minimum Gasteiger partial charge on any atom is -0.341 e. The van der Waals surface area contributed by atoms with Crippen molar-refractivity contribution in [2.24, 2.45) is 5.92 Å². The Morgan fingerprint density at radius 1 is 1.62 bits per heavy atom. The average Bonchev–Trinajstić information content (AvgIpc) is 1.61. The third-order valence-corrected chi connectivity index (χ3v) is 0.948. The Bertz CT molecular complexity index is 33.4. The molecule has 0 heterocycles. The van der Waals surface area contributed by atoms with E-state index in [0.29, 0.717) is 5.92 Å². The van der Waals surface area contributed by atoms with Gasteiger partial charge in [-0.1, -0.05) is 6.92 Å². The minimum atomic E-state index is 0. The predicted octanol–water partition coefficient (Wildman–Crippen LogP) is 2.46. The van der Waals surface area contributed by atoms with Gasteiger partial charge in [-0.2, -0.15) is 19.3 Å². The molecule has 0 bridgehead atoms. The standard InChI is InChI=1S/C7H14.Y/c1-4-5-6-7(2)3;/h4,7H,2,5-6H2,1,3H3;/q-2;. The van der Waals surface area contributed by atoms with Gasteiger partial charge in [0.1, 0.15) is 0 Å². The molecule has 1 radical (unpaired) electrons. The molecule has 0 aliphatic rings. The maximum absolute atomic E-state index is 3.86. The quantitative estimate of drug-likeness (QED) is 0.595. The molecule has 0 saturated carbocycles. The van der Waals surface area contributed by atoms with Gasteiger partial charge in [0.2, 0.25) is 0 Å². The summed E-state index contributed by atoms with van der Waals surface area (Å²) in [6, 6.07) is 0. The fourth-order valence-corrected chi connectivity index (χ4v) is 0.451. The van der Waals surface area contributed by atoms with E-state index < -0.39 is 0 Å². The van der Waals surface area contributed by atoms with E-state index in [2.05, 4.69) is 27.2 Å². The molecule has 0 aliphatic carbocycles. The van der Waals surface area contributed by atoms with Crippen LogP contribution in [0.3, 0.4) is 0 Å². The van der Waals surface area contributed by atoms with E-state index in [-0.39, 0.29) is 32.7 Å². The summed E-state index contributed by atoms with van der Waals surface area (Å²) in [5.41, 5.74) is 0. The molecular formula is C7H14Y-2. The Morgan fingerprint density at radius 2 is 2.12 bits per heavy atom. The fourth-order valence-electron chi connectivity index (χ4n) is 0.451. The van der Waals surface area contributed by atoms with Crippen LogP contribution in [0, 0.1) is 19.3 Å². The van der Waals surface area contributed by atoms with Crippen molar-refractivity contribution in [1.82, 2.24) is 0 Å². The molecule has 0 saturated heterocycles. The largest absolute Gasteiger partial charge is 0.341 e. The Labute approximate surface area is 78.3 Å². The zero-order valence-corrected chi connectivity index (χ0v) is 8.69. The smallest absolute Gasteiger partial charge is 0 e. The number of unbranched alkanes of at least 4 members (excludes halogenated alkanes) is 1. The van der Waals surface area contributed by atoms with Crippen LogP contribution in [-0.4, -0.2) is 0 Å². The van der Waals surface area contributed by atoms with Gasteiger partial charge in [-0.25, -0.2) is 0 Å². The Hall–Kier alpha value is 1.10. The van der Waals surface area contributed by atoms with Crippen LogP contribution in [0.25, 0.3) is 0 Å². The van der Waals surface area contributed by atoms with Crippen LogP contribution in [0.2, 0.25) is 0 Å². The first-order chi connectivity index (χ1) is 3.27. The van der Waals surface area contributed by atoms with E-state index in [0.717, 1.165) is 0 Å². The molecule has 1 heteroatoms. The third kappa shape index (κ3) is 10.2. The predicted molar refractivity (Wildman–Crippen MR) is 33.7 cm³/mol. The molecule has 0 fully saturated rings. The van der Waals surface area contributed by atoms with Crippen LogP contribution >= 0.6 is 0 Å².